The fourth-order valence-electron chi connectivity index (χ4n) is 0.678. The van der Waals surface area contributed by atoms with Gasteiger partial charge >= 0.3 is 5.97 Å². The fourth-order valence-corrected chi connectivity index (χ4v) is 1.82. The first-order valence-electron chi connectivity index (χ1n) is 4.55. The Morgan fingerprint density at radius 3 is 2.36 bits per heavy atom. The van der Waals surface area contributed by atoms with Crippen molar-refractivity contribution in [3.63, 3.8) is 0 Å². The Hall–Kier alpha value is -0.260. The lowest BCUT2D eigenvalue weighted by atomic mass is 10.1. The first kappa shape index (κ1) is 13.7. The summed E-state index contributed by atoms with van der Waals surface area (Å²) in [5, 5.41) is 21.0. The molecule has 0 saturated heterocycles. The molecule has 0 aliphatic carbocycles. The van der Waals surface area contributed by atoms with Gasteiger partial charge in [0.25, 0.3) is 0 Å². The van der Waals surface area contributed by atoms with E-state index >= 15 is 0 Å². The molecule has 4 nitrogen and oxygen atoms in total. The van der Waals surface area contributed by atoms with Crippen LogP contribution >= 0.6 is 11.8 Å². The topological polar surface area (TPSA) is 69.6 Å². The van der Waals surface area contributed by atoms with Gasteiger partial charge in [0.05, 0.1) is 6.10 Å². The predicted octanol–water partition coefficient (Wildman–Crippen LogP) is 0.552. The number of likely N-dealkylation sites (N-methyl/N-ethyl adjacent to an activating group) is 1. The van der Waals surface area contributed by atoms with Gasteiger partial charge in [-0.25, -0.2) is 0 Å². The van der Waals surface area contributed by atoms with Gasteiger partial charge in [0.2, 0.25) is 0 Å². The van der Waals surface area contributed by atoms with Crippen molar-refractivity contribution >= 4 is 17.7 Å². The van der Waals surface area contributed by atoms with E-state index in [0.29, 0.717) is 5.75 Å². The van der Waals surface area contributed by atoms with E-state index in [4.69, 9.17) is 5.11 Å². The lowest BCUT2D eigenvalue weighted by molar-refractivity contribution is -0.142. The summed E-state index contributed by atoms with van der Waals surface area (Å²) in [7, 11) is 1.63. The molecule has 3 N–H and O–H groups in total. The van der Waals surface area contributed by atoms with Crippen LogP contribution in [-0.4, -0.2) is 45.9 Å². The summed E-state index contributed by atoms with van der Waals surface area (Å²) in [4.78, 5) is 10.9. The molecule has 0 radical (unpaired) electrons. The van der Waals surface area contributed by atoms with Gasteiger partial charge in [-0.05, 0) is 20.9 Å². The van der Waals surface area contributed by atoms with Crippen molar-refractivity contribution in [2.45, 2.75) is 37.7 Å². The molecule has 0 spiro atoms. The third-order valence-corrected chi connectivity index (χ3v) is 4.00. The number of carboxylic acid groups (broad SMARTS) is 1. The molecule has 3 atom stereocenters. The van der Waals surface area contributed by atoms with Crippen molar-refractivity contribution in [3.8, 4) is 0 Å². The van der Waals surface area contributed by atoms with Gasteiger partial charge in [-0.1, -0.05) is 6.92 Å². The molecule has 0 aliphatic rings. The normalized spacial score (nSPS) is 19.8. The van der Waals surface area contributed by atoms with Crippen LogP contribution in [0.15, 0.2) is 0 Å². The Balaban J connectivity index is 4.15. The maximum Gasteiger partial charge on any atom is 0.324 e. The molecule has 0 heterocycles. The fraction of sp³-hybridized carbons (Fsp3) is 0.889. The van der Waals surface area contributed by atoms with Crippen LogP contribution in [0.5, 0.6) is 0 Å². The van der Waals surface area contributed by atoms with Gasteiger partial charge in [-0.15, -0.1) is 0 Å². The number of hydrogen-bond acceptors (Lipinski definition) is 4. The van der Waals surface area contributed by atoms with Crippen LogP contribution in [0.3, 0.4) is 0 Å². The van der Waals surface area contributed by atoms with E-state index < -0.39 is 17.6 Å². The van der Waals surface area contributed by atoms with Crippen molar-refractivity contribution in [1.82, 2.24) is 5.32 Å². The third-order valence-electron chi connectivity index (χ3n) is 2.34. The van der Waals surface area contributed by atoms with Crippen LogP contribution in [0.1, 0.15) is 20.8 Å². The summed E-state index contributed by atoms with van der Waals surface area (Å²) in [6.07, 6.45) is -0.421. The van der Waals surface area contributed by atoms with Gasteiger partial charge in [-0.2, -0.15) is 11.8 Å². The quantitative estimate of drug-likeness (QED) is 0.611. The molecule has 0 aromatic heterocycles. The Labute approximate surface area is 89.1 Å². The molecule has 0 aromatic rings. The van der Waals surface area contributed by atoms with Gasteiger partial charge in [0.15, 0.2) is 0 Å². The molecule has 0 saturated carbocycles. The van der Waals surface area contributed by atoms with Crippen LogP contribution in [-0.2, 0) is 4.79 Å². The SMILES string of the molecule is CNC(C)(CSC(C)C(C)O)C(=O)O. The largest absolute Gasteiger partial charge is 0.480 e. The van der Waals surface area contributed by atoms with Crippen LogP contribution in [0.2, 0.25) is 0 Å². The molecule has 0 bridgehead atoms. The first-order chi connectivity index (χ1) is 6.33. The highest BCUT2D eigenvalue weighted by Gasteiger charge is 2.31. The molecular formula is C9H19NO3S. The van der Waals surface area contributed by atoms with Gasteiger partial charge < -0.3 is 15.5 Å². The average molecular weight is 221 g/mol. The van der Waals surface area contributed by atoms with Crippen LogP contribution < -0.4 is 5.32 Å². The lowest BCUT2D eigenvalue weighted by Gasteiger charge is -2.26. The number of rotatable bonds is 6. The summed E-state index contributed by atoms with van der Waals surface area (Å²) in [5.74, 6) is -0.435. The molecule has 3 unspecified atom stereocenters. The molecule has 5 heteroatoms. The number of carboxylic acids is 1. The molecule has 0 aliphatic heterocycles. The minimum Gasteiger partial charge on any atom is -0.480 e. The Bertz CT molecular complexity index is 198. The number of nitrogens with one attached hydrogen (secondary N) is 1. The number of hydrogen-bond donors (Lipinski definition) is 3. The van der Waals surface area contributed by atoms with E-state index in [1.165, 1.54) is 11.8 Å². The number of thioether (sulfide) groups is 1. The van der Waals surface area contributed by atoms with Crippen LogP contribution in [0, 0.1) is 0 Å². The molecule has 0 rings (SSSR count). The number of aliphatic carboxylic acids is 1. The minimum atomic E-state index is -0.923. The van der Waals surface area contributed by atoms with E-state index in [-0.39, 0.29) is 5.25 Å². The summed E-state index contributed by atoms with van der Waals surface area (Å²) >= 11 is 1.45. The van der Waals surface area contributed by atoms with Gasteiger partial charge in [0, 0.05) is 11.0 Å². The first-order valence-corrected chi connectivity index (χ1v) is 5.60. The summed E-state index contributed by atoms with van der Waals surface area (Å²) in [6, 6.07) is 0. The zero-order valence-corrected chi connectivity index (χ0v) is 9.89. The predicted molar refractivity (Wildman–Crippen MR) is 58.7 cm³/mol. The highest BCUT2D eigenvalue weighted by molar-refractivity contribution is 8.00. The minimum absolute atomic E-state index is 0.0435. The standard InChI is InChI=1S/C9H19NO3S/c1-6(11)7(2)14-5-9(3,10-4)8(12)13/h6-7,10-11H,5H2,1-4H3,(H,12,13). The Kier molecular flexibility index (Phi) is 5.48. The smallest absolute Gasteiger partial charge is 0.324 e. The molecule has 0 fully saturated rings. The van der Waals surface area contributed by atoms with Crippen molar-refractivity contribution in [2.24, 2.45) is 0 Å². The maximum absolute atomic E-state index is 10.9. The summed E-state index contributed by atoms with van der Waals surface area (Å²) < 4.78 is 0. The molecule has 14 heavy (non-hydrogen) atoms. The van der Waals surface area contributed by atoms with Crippen LogP contribution in [0.4, 0.5) is 0 Å². The van der Waals surface area contributed by atoms with Gasteiger partial charge in [0.1, 0.15) is 5.54 Å². The average Bonchev–Trinajstić information content (AvgIpc) is 2.12. The highest BCUT2D eigenvalue weighted by atomic mass is 32.2. The molecule has 0 amide bonds. The second-order valence-corrected chi connectivity index (χ2v) is 5.01. The van der Waals surface area contributed by atoms with E-state index in [2.05, 4.69) is 5.32 Å². The highest BCUT2D eigenvalue weighted by Crippen LogP contribution is 2.20. The molecule has 0 aromatic carbocycles. The molecular weight excluding hydrogens is 202 g/mol. The zero-order chi connectivity index (χ0) is 11.4. The Morgan fingerprint density at radius 1 is 1.57 bits per heavy atom. The number of aliphatic hydroxyl groups excluding tert-OH is 1. The van der Waals surface area contributed by atoms with Crippen LogP contribution in [0.25, 0.3) is 0 Å². The van der Waals surface area contributed by atoms with Crippen molar-refractivity contribution < 1.29 is 15.0 Å². The second kappa shape index (κ2) is 5.58. The summed E-state index contributed by atoms with van der Waals surface area (Å²) in [6.45, 7) is 5.22. The van der Waals surface area contributed by atoms with Crippen molar-refractivity contribution in [2.75, 3.05) is 12.8 Å². The van der Waals surface area contributed by atoms with Crippen molar-refractivity contribution in [1.29, 1.82) is 0 Å². The monoisotopic (exact) mass is 221 g/mol. The van der Waals surface area contributed by atoms with E-state index in [1.807, 2.05) is 6.92 Å². The number of carbonyl (C=O) groups is 1. The summed E-state index contributed by atoms with van der Waals surface area (Å²) in [5.41, 5.74) is -0.923. The van der Waals surface area contributed by atoms with Gasteiger partial charge in [-0.3, -0.25) is 4.79 Å². The second-order valence-electron chi connectivity index (χ2n) is 3.64. The van der Waals surface area contributed by atoms with E-state index in [0.717, 1.165) is 0 Å². The van der Waals surface area contributed by atoms with E-state index in [1.54, 1.807) is 20.9 Å². The lowest BCUT2D eigenvalue weighted by Crippen LogP contribution is -2.50. The zero-order valence-electron chi connectivity index (χ0n) is 9.07. The Morgan fingerprint density at radius 2 is 2.07 bits per heavy atom. The maximum atomic E-state index is 10.9. The van der Waals surface area contributed by atoms with Crippen molar-refractivity contribution in [3.05, 3.63) is 0 Å². The third kappa shape index (κ3) is 3.86. The van der Waals surface area contributed by atoms with E-state index in [9.17, 15) is 9.90 Å². The molecule has 84 valence electrons. The number of aliphatic hydroxyl groups is 1.